The second kappa shape index (κ2) is 7.51. The van der Waals surface area contributed by atoms with Crippen molar-refractivity contribution >= 4 is 45.2 Å². The van der Waals surface area contributed by atoms with Crippen LogP contribution in [0.25, 0.3) is 21.9 Å². The van der Waals surface area contributed by atoms with Crippen molar-refractivity contribution in [3.8, 4) is 0 Å². The van der Waals surface area contributed by atoms with Crippen molar-refractivity contribution in [1.82, 2.24) is 10.3 Å². The van der Waals surface area contributed by atoms with E-state index in [2.05, 4.69) is 5.32 Å². The van der Waals surface area contributed by atoms with Crippen molar-refractivity contribution in [3.05, 3.63) is 58.3 Å². The summed E-state index contributed by atoms with van der Waals surface area (Å²) in [6.07, 6.45) is 0.583. The molecule has 1 aromatic heterocycles. The molecule has 0 aliphatic carbocycles. The molecular weight excluding hydrogens is 352 g/mol. The number of hydrazine groups is 1. The summed E-state index contributed by atoms with van der Waals surface area (Å²) in [6, 6.07) is 11.8. The number of hydrogen-bond acceptors (Lipinski definition) is 5. The maximum absolute atomic E-state index is 12.6. The summed E-state index contributed by atoms with van der Waals surface area (Å²) in [7, 11) is 0. The Labute approximate surface area is 154 Å². The SMILES string of the molecule is NC(=S)N(N)CCCNC(=O)c1ccc2oc3ccccc3c(=O)c2c1. The van der Waals surface area contributed by atoms with Crippen LogP contribution in [0.1, 0.15) is 16.8 Å². The zero-order valence-corrected chi connectivity index (χ0v) is 14.7. The third-order valence-corrected chi connectivity index (χ3v) is 4.22. The monoisotopic (exact) mass is 370 g/mol. The average molecular weight is 370 g/mol. The van der Waals surface area contributed by atoms with Gasteiger partial charge in [-0.1, -0.05) is 12.1 Å². The number of amides is 1. The van der Waals surface area contributed by atoms with Crippen LogP contribution in [0.4, 0.5) is 0 Å². The molecule has 0 aliphatic heterocycles. The largest absolute Gasteiger partial charge is 0.456 e. The molecule has 0 fully saturated rings. The Balaban J connectivity index is 1.77. The molecule has 0 atom stereocenters. The molecule has 0 saturated carbocycles. The lowest BCUT2D eigenvalue weighted by Gasteiger charge is -2.15. The van der Waals surface area contributed by atoms with Gasteiger partial charge in [-0.15, -0.1) is 0 Å². The van der Waals surface area contributed by atoms with Crippen LogP contribution in [0.5, 0.6) is 0 Å². The molecular formula is C18H18N4O3S. The van der Waals surface area contributed by atoms with Gasteiger partial charge in [-0.3, -0.25) is 14.6 Å². The van der Waals surface area contributed by atoms with Crippen molar-refractivity contribution in [1.29, 1.82) is 0 Å². The molecule has 0 spiro atoms. The zero-order valence-electron chi connectivity index (χ0n) is 13.9. The first-order valence-corrected chi connectivity index (χ1v) is 8.43. The Hall–Kier alpha value is -2.97. The standard InChI is InChI=1S/C18H18N4O3S/c19-18(26)22(20)9-3-8-21-17(24)11-6-7-15-13(10-11)16(23)12-4-1-2-5-14(12)25-15/h1-2,4-7,10H,3,8-9,20H2,(H2,19,26)(H,21,24). The molecule has 0 bridgehead atoms. The van der Waals surface area contributed by atoms with Crippen LogP contribution < -0.4 is 22.3 Å². The zero-order chi connectivity index (χ0) is 18.7. The smallest absolute Gasteiger partial charge is 0.251 e. The fourth-order valence-electron chi connectivity index (χ4n) is 2.61. The molecule has 3 aromatic rings. The van der Waals surface area contributed by atoms with Crippen molar-refractivity contribution in [2.24, 2.45) is 11.6 Å². The molecule has 5 N–H and O–H groups in total. The second-order valence-electron chi connectivity index (χ2n) is 5.78. The van der Waals surface area contributed by atoms with E-state index < -0.39 is 0 Å². The van der Waals surface area contributed by atoms with E-state index in [-0.39, 0.29) is 16.4 Å². The van der Waals surface area contributed by atoms with Crippen molar-refractivity contribution < 1.29 is 9.21 Å². The third kappa shape index (κ3) is 3.66. The summed E-state index contributed by atoms with van der Waals surface area (Å²) in [6.45, 7) is 0.836. The van der Waals surface area contributed by atoms with Crippen LogP contribution >= 0.6 is 12.2 Å². The molecule has 0 unspecified atom stereocenters. The van der Waals surface area contributed by atoms with Gasteiger partial charge in [0.05, 0.1) is 10.8 Å². The van der Waals surface area contributed by atoms with E-state index in [1.807, 2.05) is 0 Å². The third-order valence-electron chi connectivity index (χ3n) is 3.98. The topological polar surface area (TPSA) is 115 Å². The Bertz CT molecular complexity index is 1050. The van der Waals surface area contributed by atoms with E-state index in [4.69, 9.17) is 28.2 Å². The lowest BCUT2D eigenvalue weighted by atomic mass is 10.1. The van der Waals surface area contributed by atoms with E-state index in [9.17, 15) is 9.59 Å². The Morgan fingerprint density at radius 3 is 2.65 bits per heavy atom. The number of carbonyl (C=O) groups excluding carboxylic acids is 1. The van der Waals surface area contributed by atoms with E-state index >= 15 is 0 Å². The summed E-state index contributed by atoms with van der Waals surface area (Å²) in [5, 5.41) is 4.98. The first-order valence-electron chi connectivity index (χ1n) is 8.03. The van der Waals surface area contributed by atoms with E-state index in [1.54, 1.807) is 42.5 Å². The second-order valence-corrected chi connectivity index (χ2v) is 6.20. The lowest BCUT2D eigenvalue weighted by Crippen LogP contribution is -2.42. The van der Waals surface area contributed by atoms with Crippen LogP contribution in [0.3, 0.4) is 0 Å². The first kappa shape index (κ1) is 17.8. The number of para-hydroxylation sites is 1. The number of hydrogen-bond donors (Lipinski definition) is 3. The number of benzene rings is 2. The molecule has 8 heteroatoms. The van der Waals surface area contributed by atoms with Gasteiger partial charge in [-0.25, -0.2) is 5.84 Å². The average Bonchev–Trinajstić information content (AvgIpc) is 2.64. The fraction of sp³-hybridized carbons (Fsp3) is 0.167. The lowest BCUT2D eigenvalue weighted by molar-refractivity contribution is 0.0952. The van der Waals surface area contributed by atoms with Gasteiger partial charge < -0.3 is 15.5 Å². The van der Waals surface area contributed by atoms with Crippen molar-refractivity contribution in [3.63, 3.8) is 0 Å². The molecule has 0 saturated heterocycles. The highest BCUT2D eigenvalue weighted by Crippen LogP contribution is 2.19. The Kier molecular flexibility index (Phi) is 5.15. The van der Waals surface area contributed by atoms with E-state index in [0.29, 0.717) is 47.0 Å². The van der Waals surface area contributed by atoms with Crippen molar-refractivity contribution in [2.45, 2.75) is 6.42 Å². The minimum Gasteiger partial charge on any atom is -0.456 e. The number of nitrogens with one attached hydrogen (secondary N) is 1. The minimum absolute atomic E-state index is 0.102. The highest BCUT2D eigenvalue weighted by atomic mass is 32.1. The Morgan fingerprint density at radius 2 is 1.88 bits per heavy atom. The van der Waals surface area contributed by atoms with Gasteiger partial charge in [0.15, 0.2) is 5.11 Å². The number of carbonyl (C=O) groups is 1. The van der Waals surface area contributed by atoms with Gasteiger partial charge in [0.2, 0.25) is 5.43 Å². The van der Waals surface area contributed by atoms with E-state index in [1.165, 1.54) is 5.01 Å². The van der Waals surface area contributed by atoms with Crippen LogP contribution in [0, 0.1) is 0 Å². The molecule has 7 nitrogen and oxygen atoms in total. The minimum atomic E-state index is -0.279. The Morgan fingerprint density at radius 1 is 1.15 bits per heavy atom. The number of fused-ring (bicyclic) bond motifs is 2. The number of nitrogens with two attached hydrogens (primary N) is 2. The molecule has 26 heavy (non-hydrogen) atoms. The van der Waals surface area contributed by atoms with Gasteiger partial charge in [0.25, 0.3) is 5.91 Å². The molecule has 0 radical (unpaired) electrons. The highest BCUT2D eigenvalue weighted by molar-refractivity contribution is 7.80. The molecule has 2 aromatic carbocycles. The van der Waals surface area contributed by atoms with Crippen LogP contribution in [-0.4, -0.2) is 29.1 Å². The molecule has 1 heterocycles. The van der Waals surface area contributed by atoms with Crippen LogP contribution in [0.15, 0.2) is 51.7 Å². The van der Waals surface area contributed by atoms with Gasteiger partial charge >= 0.3 is 0 Å². The molecule has 1 amide bonds. The summed E-state index contributed by atoms with van der Waals surface area (Å²) in [5.74, 6) is 5.30. The van der Waals surface area contributed by atoms with Gasteiger partial charge in [-0.2, -0.15) is 0 Å². The first-order chi connectivity index (χ1) is 12.5. The summed E-state index contributed by atoms with van der Waals surface area (Å²) >= 11 is 4.74. The van der Waals surface area contributed by atoms with E-state index in [0.717, 1.165) is 0 Å². The summed E-state index contributed by atoms with van der Waals surface area (Å²) in [4.78, 5) is 24.9. The molecule has 0 aliphatic rings. The molecule has 134 valence electrons. The number of nitrogens with zero attached hydrogens (tertiary/aromatic N) is 1. The molecule has 3 rings (SSSR count). The van der Waals surface area contributed by atoms with Gasteiger partial charge in [0, 0.05) is 18.7 Å². The quantitative estimate of drug-likeness (QED) is 0.205. The van der Waals surface area contributed by atoms with Crippen LogP contribution in [-0.2, 0) is 0 Å². The summed E-state index contributed by atoms with van der Waals surface area (Å²) in [5.41, 5.74) is 6.57. The maximum Gasteiger partial charge on any atom is 0.251 e. The summed E-state index contributed by atoms with van der Waals surface area (Å²) < 4.78 is 5.73. The predicted octanol–water partition coefficient (Wildman–Crippen LogP) is 1.49. The number of thiocarbonyl (C=S) groups is 1. The van der Waals surface area contributed by atoms with Crippen molar-refractivity contribution in [2.75, 3.05) is 13.1 Å². The maximum atomic E-state index is 12.6. The van der Waals surface area contributed by atoms with Gasteiger partial charge in [-0.05, 0) is 49.0 Å². The fourth-order valence-corrected chi connectivity index (χ4v) is 2.70. The predicted molar refractivity (Wildman–Crippen MR) is 105 cm³/mol. The van der Waals surface area contributed by atoms with Crippen LogP contribution in [0.2, 0.25) is 0 Å². The van der Waals surface area contributed by atoms with Gasteiger partial charge in [0.1, 0.15) is 11.2 Å². The normalized spacial score (nSPS) is 10.8. The highest BCUT2D eigenvalue weighted by Gasteiger charge is 2.11. The number of rotatable bonds is 5.